The average Bonchev–Trinajstić information content (AvgIpc) is 2.71. The molecule has 7 heteroatoms. The lowest BCUT2D eigenvalue weighted by Crippen LogP contribution is -2.48. The van der Waals surface area contributed by atoms with Gasteiger partial charge < -0.3 is 14.5 Å². The molecule has 0 aliphatic carbocycles. The van der Waals surface area contributed by atoms with E-state index in [1.807, 2.05) is 36.1 Å². The minimum Gasteiger partial charge on any atom is -0.494 e. The molecule has 3 rings (SSSR count). The SMILES string of the molecule is Cc1cccc(OCCCC(=O)N2CCN(c3cccc(C(F)(F)F)c3)CC2)c1. The van der Waals surface area contributed by atoms with Gasteiger partial charge in [-0.2, -0.15) is 13.2 Å². The van der Waals surface area contributed by atoms with Gasteiger partial charge >= 0.3 is 6.18 Å². The number of halogens is 3. The maximum absolute atomic E-state index is 12.9. The van der Waals surface area contributed by atoms with Gasteiger partial charge in [0.15, 0.2) is 0 Å². The van der Waals surface area contributed by atoms with E-state index in [1.165, 1.54) is 12.1 Å². The molecular weight excluding hydrogens is 381 g/mol. The van der Waals surface area contributed by atoms with Crippen molar-refractivity contribution < 1.29 is 22.7 Å². The van der Waals surface area contributed by atoms with E-state index in [4.69, 9.17) is 4.74 Å². The average molecular weight is 406 g/mol. The standard InChI is InChI=1S/C22H25F3N2O2/c1-17-5-2-8-20(15-17)29-14-4-9-21(28)27-12-10-26(11-13-27)19-7-3-6-18(16-19)22(23,24)25/h2-3,5-8,15-16H,4,9-14H2,1H3. The molecule has 1 fully saturated rings. The second-order valence-corrected chi connectivity index (χ2v) is 7.18. The van der Waals surface area contributed by atoms with Crippen LogP contribution in [-0.4, -0.2) is 43.6 Å². The Labute approximate surface area is 168 Å². The molecule has 1 heterocycles. The predicted octanol–water partition coefficient (Wildman–Crippen LogP) is 4.52. The number of nitrogens with zero attached hydrogens (tertiary/aromatic N) is 2. The number of amides is 1. The van der Waals surface area contributed by atoms with Gasteiger partial charge in [-0.25, -0.2) is 0 Å². The fourth-order valence-corrected chi connectivity index (χ4v) is 3.37. The summed E-state index contributed by atoms with van der Waals surface area (Å²) in [5, 5.41) is 0. The molecule has 0 spiro atoms. The molecule has 4 nitrogen and oxygen atoms in total. The summed E-state index contributed by atoms with van der Waals surface area (Å²) in [6.45, 7) is 4.52. The Balaban J connectivity index is 1.42. The number of ether oxygens (including phenoxy) is 1. The van der Waals surface area contributed by atoms with E-state index in [9.17, 15) is 18.0 Å². The molecule has 1 amide bonds. The van der Waals surface area contributed by atoms with Crippen LogP contribution < -0.4 is 9.64 Å². The van der Waals surface area contributed by atoms with E-state index in [2.05, 4.69) is 0 Å². The van der Waals surface area contributed by atoms with Gasteiger partial charge in [0.2, 0.25) is 5.91 Å². The van der Waals surface area contributed by atoms with Crippen molar-refractivity contribution >= 4 is 11.6 Å². The molecule has 0 bridgehead atoms. The zero-order valence-electron chi connectivity index (χ0n) is 16.4. The highest BCUT2D eigenvalue weighted by Crippen LogP contribution is 2.31. The zero-order valence-corrected chi connectivity index (χ0v) is 16.4. The van der Waals surface area contributed by atoms with Crippen molar-refractivity contribution in [2.75, 3.05) is 37.7 Å². The Morgan fingerprint density at radius 1 is 1.03 bits per heavy atom. The second kappa shape index (κ2) is 9.20. The van der Waals surface area contributed by atoms with Crippen molar-refractivity contribution in [3.63, 3.8) is 0 Å². The fourth-order valence-electron chi connectivity index (χ4n) is 3.37. The Hall–Kier alpha value is -2.70. The van der Waals surface area contributed by atoms with Gasteiger partial charge in [0.1, 0.15) is 5.75 Å². The molecule has 2 aromatic rings. The smallest absolute Gasteiger partial charge is 0.416 e. The Kier molecular flexibility index (Phi) is 6.67. The van der Waals surface area contributed by atoms with Gasteiger partial charge in [-0.1, -0.05) is 18.2 Å². The van der Waals surface area contributed by atoms with Crippen molar-refractivity contribution in [1.82, 2.24) is 4.90 Å². The fraction of sp³-hybridized carbons (Fsp3) is 0.409. The van der Waals surface area contributed by atoms with E-state index in [0.717, 1.165) is 17.4 Å². The quantitative estimate of drug-likeness (QED) is 0.662. The van der Waals surface area contributed by atoms with Crippen molar-refractivity contribution in [3.8, 4) is 5.75 Å². The minimum atomic E-state index is -4.35. The molecule has 156 valence electrons. The van der Waals surface area contributed by atoms with Crippen molar-refractivity contribution in [2.24, 2.45) is 0 Å². The Morgan fingerprint density at radius 3 is 2.45 bits per heavy atom. The van der Waals surface area contributed by atoms with Crippen molar-refractivity contribution in [1.29, 1.82) is 0 Å². The molecule has 0 aromatic heterocycles. The summed E-state index contributed by atoms with van der Waals surface area (Å²) in [6.07, 6.45) is -3.33. The Morgan fingerprint density at radius 2 is 1.76 bits per heavy atom. The van der Waals surface area contributed by atoms with Crippen LogP contribution in [-0.2, 0) is 11.0 Å². The molecule has 1 saturated heterocycles. The van der Waals surface area contributed by atoms with E-state index in [-0.39, 0.29) is 5.91 Å². The molecule has 0 radical (unpaired) electrons. The lowest BCUT2D eigenvalue weighted by atomic mass is 10.1. The highest BCUT2D eigenvalue weighted by atomic mass is 19.4. The summed E-state index contributed by atoms with van der Waals surface area (Å²) in [4.78, 5) is 16.1. The molecule has 0 saturated carbocycles. The number of hydrogen-bond donors (Lipinski definition) is 0. The van der Waals surface area contributed by atoms with E-state index in [0.29, 0.717) is 51.3 Å². The van der Waals surface area contributed by atoms with Crippen LogP contribution in [0.3, 0.4) is 0 Å². The lowest BCUT2D eigenvalue weighted by Gasteiger charge is -2.36. The number of piperazine rings is 1. The van der Waals surface area contributed by atoms with Gasteiger partial charge in [0.05, 0.1) is 12.2 Å². The third kappa shape index (κ3) is 5.89. The van der Waals surface area contributed by atoms with Crippen molar-refractivity contribution in [3.05, 3.63) is 59.7 Å². The first-order valence-electron chi connectivity index (χ1n) is 9.72. The summed E-state index contributed by atoms with van der Waals surface area (Å²) in [6, 6.07) is 13.1. The predicted molar refractivity (Wildman–Crippen MR) is 106 cm³/mol. The van der Waals surface area contributed by atoms with Gasteiger partial charge in [-0.3, -0.25) is 4.79 Å². The third-order valence-corrected chi connectivity index (χ3v) is 4.96. The first-order chi connectivity index (χ1) is 13.8. The van der Waals surface area contributed by atoms with Crippen LogP contribution in [0.2, 0.25) is 0 Å². The topological polar surface area (TPSA) is 32.8 Å². The number of benzene rings is 2. The van der Waals surface area contributed by atoms with Crippen molar-refractivity contribution in [2.45, 2.75) is 25.9 Å². The molecule has 2 aromatic carbocycles. The minimum absolute atomic E-state index is 0.0570. The van der Waals surface area contributed by atoms with Crippen LogP contribution in [0.4, 0.5) is 18.9 Å². The Bertz CT molecular complexity index is 831. The number of carbonyl (C=O) groups is 1. The monoisotopic (exact) mass is 406 g/mol. The zero-order chi connectivity index (χ0) is 20.9. The number of carbonyl (C=O) groups excluding carboxylic acids is 1. The van der Waals surface area contributed by atoms with Crippen LogP contribution in [0.5, 0.6) is 5.75 Å². The summed E-state index contributed by atoms with van der Waals surface area (Å²) in [7, 11) is 0. The highest BCUT2D eigenvalue weighted by molar-refractivity contribution is 5.76. The number of hydrogen-bond acceptors (Lipinski definition) is 3. The second-order valence-electron chi connectivity index (χ2n) is 7.18. The van der Waals surface area contributed by atoms with E-state index < -0.39 is 11.7 Å². The number of alkyl halides is 3. The molecule has 1 aliphatic heterocycles. The number of rotatable bonds is 6. The maximum Gasteiger partial charge on any atom is 0.416 e. The van der Waals surface area contributed by atoms with Gasteiger partial charge in [0.25, 0.3) is 0 Å². The number of anilines is 1. The molecule has 0 N–H and O–H groups in total. The van der Waals surface area contributed by atoms with E-state index in [1.54, 1.807) is 11.0 Å². The lowest BCUT2D eigenvalue weighted by molar-refractivity contribution is -0.137. The largest absolute Gasteiger partial charge is 0.494 e. The van der Waals surface area contributed by atoms with E-state index >= 15 is 0 Å². The van der Waals surface area contributed by atoms with Crippen LogP contribution in [0.25, 0.3) is 0 Å². The number of aryl methyl sites for hydroxylation is 1. The molecule has 0 unspecified atom stereocenters. The van der Waals surface area contributed by atoms with Crippen LogP contribution >= 0.6 is 0 Å². The first kappa shape index (κ1) is 21.0. The van der Waals surface area contributed by atoms with Gasteiger partial charge in [-0.05, 0) is 49.2 Å². The summed E-state index contributed by atoms with van der Waals surface area (Å²) in [5.41, 5.74) is 1.01. The molecule has 1 aliphatic rings. The summed E-state index contributed by atoms with van der Waals surface area (Å²) < 4.78 is 44.4. The third-order valence-electron chi connectivity index (χ3n) is 4.96. The molecule has 29 heavy (non-hydrogen) atoms. The highest BCUT2D eigenvalue weighted by Gasteiger charge is 2.31. The van der Waals surface area contributed by atoms with Crippen LogP contribution in [0.15, 0.2) is 48.5 Å². The first-order valence-corrected chi connectivity index (χ1v) is 9.72. The summed E-state index contributed by atoms with van der Waals surface area (Å²) in [5.74, 6) is 0.855. The van der Waals surface area contributed by atoms with Crippen LogP contribution in [0, 0.1) is 6.92 Å². The van der Waals surface area contributed by atoms with Gasteiger partial charge in [0, 0.05) is 38.3 Å². The van der Waals surface area contributed by atoms with Gasteiger partial charge in [-0.15, -0.1) is 0 Å². The maximum atomic E-state index is 12.9. The normalized spacial score (nSPS) is 14.8. The molecular formula is C22H25F3N2O2. The van der Waals surface area contributed by atoms with Crippen LogP contribution in [0.1, 0.15) is 24.0 Å². The molecule has 0 atom stereocenters. The summed E-state index contributed by atoms with van der Waals surface area (Å²) >= 11 is 0.